The Bertz CT molecular complexity index is 972. The van der Waals surface area contributed by atoms with Gasteiger partial charge >= 0.3 is 6.18 Å². The van der Waals surface area contributed by atoms with E-state index in [0.29, 0.717) is 29.9 Å². The molecule has 0 N–H and O–H groups in total. The smallest absolute Gasteiger partial charge is 0.451 e. The standard InChI is InChI=1S/C23H25F4N3O2/c1-5-6-17(8-7-14(2)11-19(31)16(4)24)20-21(15(3)9-10-28-20)32-18-12-29-22(30-13-18)23(25,26)27/h9-10,12-13,17H,2,4-8,11H2,1,3H3. The van der Waals surface area contributed by atoms with Gasteiger partial charge in [0.2, 0.25) is 5.82 Å². The highest BCUT2D eigenvalue weighted by Crippen LogP contribution is 2.37. The molecule has 0 aromatic carbocycles. The zero-order valence-corrected chi connectivity index (χ0v) is 18.0. The van der Waals surface area contributed by atoms with Gasteiger partial charge in [0.1, 0.15) is 0 Å². The fraction of sp³-hybridized carbons (Fsp3) is 0.391. The molecule has 0 aliphatic heterocycles. The van der Waals surface area contributed by atoms with Crippen molar-refractivity contribution in [2.75, 3.05) is 0 Å². The highest BCUT2D eigenvalue weighted by molar-refractivity contribution is 5.94. The van der Waals surface area contributed by atoms with Crippen molar-refractivity contribution in [1.82, 2.24) is 15.0 Å². The third kappa shape index (κ3) is 6.96. The van der Waals surface area contributed by atoms with Gasteiger partial charge in [-0.15, -0.1) is 0 Å². The number of hydrogen-bond donors (Lipinski definition) is 0. The number of carbonyl (C=O) groups excluding carboxylic acids is 1. The van der Waals surface area contributed by atoms with Gasteiger partial charge in [-0.05, 0) is 37.8 Å². The van der Waals surface area contributed by atoms with Gasteiger partial charge in [-0.3, -0.25) is 9.78 Å². The SMILES string of the molecule is C=C(CCC(CCC)c1nccc(C)c1Oc1cnc(C(F)(F)F)nc1)CC(=O)C(=C)F. The molecule has 0 amide bonds. The van der Waals surface area contributed by atoms with E-state index in [-0.39, 0.29) is 18.1 Å². The number of carbonyl (C=O) groups is 1. The van der Waals surface area contributed by atoms with Crippen molar-refractivity contribution in [3.05, 3.63) is 66.3 Å². The minimum Gasteiger partial charge on any atom is -0.452 e. The molecule has 0 aliphatic rings. The maximum absolute atomic E-state index is 13.0. The first-order chi connectivity index (χ1) is 15.0. The molecular formula is C23H25F4N3O2. The summed E-state index contributed by atoms with van der Waals surface area (Å²) in [7, 11) is 0. The minimum absolute atomic E-state index is 0.0575. The average molecular weight is 451 g/mol. The number of pyridine rings is 1. The molecule has 2 aromatic heterocycles. The molecule has 0 saturated heterocycles. The van der Waals surface area contributed by atoms with Crippen molar-refractivity contribution in [2.45, 2.75) is 58.0 Å². The quantitative estimate of drug-likeness (QED) is 0.217. The first-order valence-electron chi connectivity index (χ1n) is 10.1. The summed E-state index contributed by atoms with van der Waals surface area (Å²) < 4.78 is 56.9. The molecule has 9 heteroatoms. The molecule has 1 atom stereocenters. The number of Topliss-reactive ketones (excluding diaryl/α,β-unsaturated/α-hetero) is 1. The van der Waals surface area contributed by atoms with Gasteiger partial charge in [-0.1, -0.05) is 32.1 Å². The molecular weight excluding hydrogens is 426 g/mol. The highest BCUT2D eigenvalue weighted by atomic mass is 19.4. The Labute approximate surface area is 184 Å². The Hall–Kier alpha value is -3.10. The summed E-state index contributed by atoms with van der Waals surface area (Å²) in [5.74, 6) is -2.52. The van der Waals surface area contributed by atoms with Gasteiger partial charge < -0.3 is 4.74 Å². The molecule has 172 valence electrons. The number of ketones is 1. The van der Waals surface area contributed by atoms with Crippen molar-refractivity contribution in [3.63, 3.8) is 0 Å². The van der Waals surface area contributed by atoms with E-state index >= 15 is 0 Å². The van der Waals surface area contributed by atoms with Crippen LogP contribution < -0.4 is 4.74 Å². The Kier molecular flexibility index (Phi) is 8.63. The van der Waals surface area contributed by atoms with E-state index in [4.69, 9.17) is 4.74 Å². The summed E-state index contributed by atoms with van der Waals surface area (Å²) in [5, 5.41) is 0. The van der Waals surface area contributed by atoms with Crippen LogP contribution in [0.2, 0.25) is 0 Å². The number of alkyl halides is 3. The number of halogens is 4. The minimum atomic E-state index is -4.64. The highest BCUT2D eigenvalue weighted by Gasteiger charge is 2.34. The number of ether oxygens (including phenoxy) is 1. The van der Waals surface area contributed by atoms with Gasteiger partial charge in [0, 0.05) is 18.5 Å². The van der Waals surface area contributed by atoms with Crippen LogP contribution in [0.15, 0.2) is 49.2 Å². The van der Waals surface area contributed by atoms with E-state index in [0.717, 1.165) is 30.8 Å². The first-order valence-corrected chi connectivity index (χ1v) is 10.1. The number of allylic oxidation sites excluding steroid dienone is 2. The van der Waals surface area contributed by atoms with E-state index in [1.165, 1.54) is 0 Å². The lowest BCUT2D eigenvalue weighted by Gasteiger charge is -2.21. The maximum Gasteiger partial charge on any atom is 0.451 e. The summed E-state index contributed by atoms with van der Waals surface area (Å²) in [4.78, 5) is 22.6. The molecule has 0 radical (unpaired) electrons. The Morgan fingerprint density at radius 2 is 1.81 bits per heavy atom. The topological polar surface area (TPSA) is 65.0 Å². The molecule has 5 nitrogen and oxygen atoms in total. The van der Waals surface area contributed by atoms with E-state index in [9.17, 15) is 22.4 Å². The molecule has 2 aromatic rings. The van der Waals surface area contributed by atoms with E-state index in [1.807, 2.05) is 6.92 Å². The number of nitrogens with zero attached hydrogens (tertiary/aromatic N) is 3. The number of aromatic nitrogens is 3. The summed E-state index contributed by atoms with van der Waals surface area (Å²) in [6, 6.07) is 1.73. The largest absolute Gasteiger partial charge is 0.452 e. The molecule has 0 aliphatic carbocycles. The monoisotopic (exact) mass is 451 g/mol. The molecule has 0 fully saturated rings. The van der Waals surface area contributed by atoms with Crippen molar-refractivity contribution in [3.8, 4) is 11.5 Å². The second kappa shape index (κ2) is 11.0. The van der Waals surface area contributed by atoms with Crippen LogP contribution in [0.1, 0.15) is 62.0 Å². The van der Waals surface area contributed by atoms with E-state index in [1.54, 1.807) is 19.2 Å². The predicted octanol–water partition coefficient (Wildman–Crippen LogP) is 6.65. The number of rotatable bonds is 11. The summed E-state index contributed by atoms with van der Waals surface area (Å²) >= 11 is 0. The van der Waals surface area contributed by atoms with Crippen molar-refractivity contribution < 1.29 is 27.1 Å². The van der Waals surface area contributed by atoms with Gasteiger partial charge in [0.25, 0.3) is 0 Å². The lowest BCUT2D eigenvalue weighted by Crippen LogP contribution is -2.10. The normalized spacial score (nSPS) is 12.3. The Morgan fingerprint density at radius 3 is 2.38 bits per heavy atom. The number of hydrogen-bond acceptors (Lipinski definition) is 5. The van der Waals surface area contributed by atoms with Crippen LogP contribution in [-0.2, 0) is 11.0 Å². The lowest BCUT2D eigenvalue weighted by molar-refractivity contribution is -0.145. The third-order valence-corrected chi connectivity index (χ3v) is 4.81. The van der Waals surface area contributed by atoms with Crippen LogP contribution in [0.3, 0.4) is 0 Å². The van der Waals surface area contributed by atoms with Gasteiger partial charge in [-0.2, -0.15) is 13.2 Å². The van der Waals surface area contributed by atoms with E-state index < -0.39 is 23.6 Å². The van der Waals surface area contributed by atoms with Crippen molar-refractivity contribution >= 4 is 5.78 Å². The summed E-state index contributed by atoms with van der Waals surface area (Å²) in [6.45, 7) is 10.7. The maximum atomic E-state index is 13.0. The van der Waals surface area contributed by atoms with Crippen LogP contribution in [0.25, 0.3) is 0 Å². The van der Waals surface area contributed by atoms with Crippen molar-refractivity contribution in [2.24, 2.45) is 0 Å². The Balaban J connectivity index is 2.23. The fourth-order valence-corrected chi connectivity index (χ4v) is 3.18. The lowest BCUT2D eigenvalue weighted by atomic mass is 9.90. The van der Waals surface area contributed by atoms with Gasteiger partial charge in [0.15, 0.2) is 23.1 Å². The molecule has 0 saturated carbocycles. The second-order valence-electron chi connectivity index (χ2n) is 7.46. The first kappa shape index (κ1) is 25.2. The summed E-state index contributed by atoms with van der Waals surface area (Å²) in [5.41, 5.74) is 1.97. The van der Waals surface area contributed by atoms with E-state index in [2.05, 4.69) is 28.1 Å². The summed E-state index contributed by atoms with van der Waals surface area (Å²) in [6.07, 6.45) is 1.49. The molecule has 2 heterocycles. The molecule has 1 unspecified atom stereocenters. The molecule has 2 rings (SSSR count). The fourth-order valence-electron chi connectivity index (χ4n) is 3.18. The van der Waals surface area contributed by atoms with Crippen molar-refractivity contribution in [1.29, 1.82) is 0 Å². The zero-order valence-electron chi connectivity index (χ0n) is 18.0. The van der Waals surface area contributed by atoms with Crippen LogP contribution >= 0.6 is 0 Å². The molecule has 0 spiro atoms. The van der Waals surface area contributed by atoms with Crippen LogP contribution in [0, 0.1) is 6.92 Å². The van der Waals surface area contributed by atoms with Crippen LogP contribution in [0.5, 0.6) is 11.5 Å². The second-order valence-corrected chi connectivity index (χ2v) is 7.46. The van der Waals surface area contributed by atoms with Crippen LogP contribution in [0.4, 0.5) is 17.6 Å². The molecule has 32 heavy (non-hydrogen) atoms. The average Bonchev–Trinajstić information content (AvgIpc) is 2.72. The predicted molar refractivity (Wildman–Crippen MR) is 112 cm³/mol. The van der Waals surface area contributed by atoms with Crippen LogP contribution in [-0.4, -0.2) is 20.7 Å². The van der Waals surface area contributed by atoms with Gasteiger partial charge in [0.05, 0.1) is 18.1 Å². The number of aryl methyl sites for hydroxylation is 1. The third-order valence-electron chi connectivity index (χ3n) is 4.81. The molecule has 0 bridgehead atoms. The Morgan fingerprint density at radius 1 is 1.16 bits per heavy atom. The van der Waals surface area contributed by atoms with Gasteiger partial charge in [-0.25, -0.2) is 14.4 Å². The zero-order chi connectivity index (χ0) is 23.9.